The van der Waals surface area contributed by atoms with Crippen molar-refractivity contribution >= 4 is 17.9 Å². The van der Waals surface area contributed by atoms with Crippen molar-refractivity contribution in [2.75, 3.05) is 13.2 Å². The van der Waals surface area contributed by atoms with Gasteiger partial charge in [-0.2, -0.15) is 0 Å². The van der Waals surface area contributed by atoms with Crippen molar-refractivity contribution in [3.05, 3.63) is 97.2 Å². The van der Waals surface area contributed by atoms with Crippen LogP contribution >= 0.6 is 0 Å². The maximum atomic E-state index is 12.8. The second kappa shape index (κ2) is 51.0. The van der Waals surface area contributed by atoms with Gasteiger partial charge in [0.05, 0.1) is 0 Å². The summed E-state index contributed by atoms with van der Waals surface area (Å²) in [6.45, 7) is 6.30. The minimum Gasteiger partial charge on any atom is -0.462 e. The third kappa shape index (κ3) is 49.2. The largest absolute Gasteiger partial charge is 0.462 e. The Kier molecular flexibility index (Phi) is 48.0. The van der Waals surface area contributed by atoms with E-state index in [4.69, 9.17) is 14.2 Å². The lowest BCUT2D eigenvalue weighted by atomic mass is 10.1. The molecule has 0 fully saturated rings. The summed E-state index contributed by atoms with van der Waals surface area (Å²) in [7, 11) is 0. The molecular weight excluding hydrogens is 781 g/mol. The molecule has 0 aliphatic heterocycles. The second-order valence-corrected chi connectivity index (χ2v) is 16.8. The molecule has 0 aliphatic rings. The van der Waals surface area contributed by atoms with Crippen LogP contribution in [0.15, 0.2) is 97.2 Å². The fourth-order valence-corrected chi connectivity index (χ4v) is 6.79. The molecule has 6 heteroatoms. The monoisotopic (exact) mass is 875 g/mol. The Morgan fingerprint density at radius 1 is 0.349 bits per heavy atom. The van der Waals surface area contributed by atoms with Crippen molar-refractivity contribution in [3.8, 4) is 0 Å². The number of unbranched alkanes of at least 4 members (excludes halogenated alkanes) is 21. The van der Waals surface area contributed by atoms with Gasteiger partial charge in [-0.1, -0.05) is 214 Å². The zero-order valence-corrected chi connectivity index (χ0v) is 40.8. The van der Waals surface area contributed by atoms with Crippen molar-refractivity contribution in [2.24, 2.45) is 0 Å². The number of allylic oxidation sites excluding steroid dienone is 16. The van der Waals surface area contributed by atoms with Crippen LogP contribution in [0, 0.1) is 0 Å². The summed E-state index contributed by atoms with van der Waals surface area (Å²) in [5.41, 5.74) is 0. The molecule has 0 aromatic carbocycles. The molecular formula is C57H94O6. The van der Waals surface area contributed by atoms with Crippen LogP contribution in [0.4, 0.5) is 0 Å². The molecule has 0 spiro atoms. The van der Waals surface area contributed by atoms with E-state index < -0.39 is 6.10 Å². The standard InChI is InChI=1S/C57H94O6/c1-4-7-10-13-16-19-22-24-26-27-28-29-31-32-35-38-41-44-47-50-56(59)62-53-54(52-61-55(58)49-46-43-40-37-34-21-18-15-12-9-6-3)63-57(60)51-48-45-42-39-36-33-30-25-23-20-17-14-11-8-5-2/h7-8,10-11,14-21,23-24,26,34,54H,4-6,9,12-13,22,25,27-33,35-53H2,1-3H3/b10-7-,11-8-,17-14-,18-15-,19-16-,23-20-,26-24-,34-21-. The van der Waals surface area contributed by atoms with Crippen molar-refractivity contribution in [2.45, 2.75) is 232 Å². The van der Waals surface area contributed by atoms with E-state index in [1.165, 1.54) is 77.0 Å². The van der Waals surface area contributed by atoms with Gasteiger partial charge in [-0.15, -0.1) is 0 Å². The Morgan fingerprint density at radius 2 is 0.698 bits per heavy atom. The lowest BCUT2D eigenvalue weighted by Crippen LogP contribution is -2.30. The molecule has 0 aromatic heterocycles. The highest BCUT2D eigenvalue weighted by Gasteiger charge is 2.19. The first-order valence-electron chi connectivity index (χ1n) is 25.8. The molecule has 0 radical (unpaired) electrons. The summed E-state index contributed by atoms with van der Waals surface area (Å²) < 4.78 is 16.8. The Morgan fingerprint density at radius 3 is 1.17 bits per heavy atom. The number of carbonyl (C=O) groups is 3. The lowest BCUT2D eigenvalue weighted by molar-refractivity contribution is -0.167. The number of esters is 3. The summed E-state index contributed by atoms with van der Waals surface area (Å²) in [6.07, 6.45) is 66.8. The topological polar surface area (TPSA) is 78.9 Å². The lowest BCUT2D eigenvalue weighted by Gasteiger charge is -2.18. The molecule has 0 aromatic rings. The summed E-state index contributed by atoms with van der Waals surface area (Å²) >= 11 is 0. The zero-order valence-electron chi connectivity index (χ0n) is 40.8. The molecule has 1 unspecified atom stereocenters. The average molecular weight is 875 g/mol. The van der Waals surface area contributed by atoms with Gasteiger partial charge in [0.15, 0.2) is 6.10 Å². The van der Waals surface area contributed by atoms with Crippen molar-refractivity contribution < 1.29 is 28.6 Å². The van der Waals surface area contributed by atoms with Crippen LogP contribution in [-0.4, -0.2) is 37.2 Å². The van der Waals surface area contributed by atoms with E-state index in [9.17, 15) is 14.4 Å². The van der Waals surface area contributed by atoms with Crippen LogP contribution in [0.3, 0.4) is 0 Å². The molecule has 63 heavy (non-hydrogen) atoms. The van der Waals surface area contributed by atoms with E-state index in [1.54, 1.807) is 0 Å². The number of carbonyl (C=O) groups excluding carboxylic acids is 3. The summed E-state index contributed by atoms with van der Waals surface area (Å²) in [5.74, 6) is -0.945. The Bertz CT molecular complexity index is 1280. The van der Waals surface area contributed by atoms with Crippen LogP contribution in [0.1, 0.15) is 226 Å². The molecule has 6 nitrogen and oxygen atoms in total. The molecule has 0 N–H and O–H groups in total. The van der Waals surface area contributed by atoms with E-state index in [1.807, 2.05) is 0 Å². The van der Waals surface area contributed by atoms with Gasteiger partial charge < -0.3 is 14.2 Å². The van der Waals surface area contributed by atoms with E-state index >= 15 is 0 Å². The summed E-state index contributed by atoms with van der Waals surface area (Å²) in [6, 6.07) is 0. The molecule has 0 rings (SSSR count). The molecule has 0 amide bonds. The molecule has 0 bridgehead atoms. The van der Waals surface area contributed by atoms with Gasteiger partial charge in [0.1, 0.15) is 13.2 Å². The summed E-state index contributed by atoms with van der Waals surface area (Å²) in [4.78, 5) is 38.0. The predicted octanol–water partition coefficient (Wildman–Crippen LogP) is 17.0. The highest BCUT2D eigenvalue weighted by atomic mass is 16.6. The van der Waals surface area contributed by atoms with E-state index in [-0.39, 0.29) is 31.1 Å². The molecule has 0 aliphatic carbocycles. The first-order chi connectivity index (χ1) is 31.0. The van der Waals surface area contributed by atoms with Crippen LogP contribution in [0.25, 0.3) is 0 Å². The third-order valence-corrected chi connectivity index (χ3v) is 10.6. The van der Waals surface area contributed by atoms with Gasteiger partial charge in [-0.05, 0) is 89.9 Å². The Hall–Kier alpha value is -3.67. The first kappa shape index (κ1) is 59.3. The zero-order chi connectivity index (χ0) is 45.8. The van der Waals surface area contributed by atoms with Gasteiger partial charge >= 0.3 is 17.9 Å². The minimum atomic E-state index is -0.797. The molecule has 0 saturated heterocycles. The molecule has 1 atom stereocenters. The van der Waals surface area contributed by atoms with Gasteiger partial charge in [0, 0.05) is 19.3 Å². The van der Waals surface area contributed by atoms with Crippen molar-refractivity contribution in [1.82, 2.24) is 0 Å². The number of rotatable bonds is 45. The van der Waals surface area contributed by atoms with E-state index in [0.29, 0.717) is 19.3 Å². The number of ether oxygens (including phenoxy) is 3. The summed E-state index contributed by atoms with van der Waals surface area (Å²) in [5, 5.41) is 0. The normalized spacial score (nSPS) is 12.9. The van der Waals surface area contributed by atoms with Crippen molar-refractivity contribution in [3.63, 3.8) is 0 Å². The highest BCUT2D eigenvalue weighted by molar-refractivity contribution is 5.71. The third-order valence-electron chi connectivity index (χ3n) is 10.6. The fourth-order valence-electron chi connectivity index (χ4n) is 6.79. The van der Waals surface area contributed by atoms with Gasteiger partial charge in [-0.3, -0.25) is 14.4 Å². The number of hydrogen-bond donors (Lipinski definition) is 0. The highest BCUT2D eigenvalue weighted by Crippen LogP contribution is 2.14. The van der Waals surface area contributed by atoms with Crippen LogP contribution < -0.4 is 0 Å². The van der Waals surface area contributed by atoms with Gasteiger partial charge in [-0.25, -0.2) is 0 Å². The maximum absolute atomic E-state index is 12.8. The predicted molar refractivity (Wildman–Crippen MR) is 270 cm³/mol. The van der Waals surface area contributed by atoms with Gasteiger partial charge in [0.25, 0.3) is 0 Å². The van der Waals surface area contributed by atoms with Gasteiger partial charge in [0.2, 0.25) is 0 Å². The van der Waals surface area contributed by atoms with Crippen LogP contribution in [-0.2, 0) is 28.6 Å². The number of hydrogen-bond acceptors (Lipinski definition) is 6. The second-order valence-electron chi connectivity index (χ2n) is 16.8. The van der Waals surface area contributed by atoms with Crippen LogP contribution in [0.5, 0.6) is 0 Å². The van der Waals surface area contributed by atoms with E-state index in [0.717, 1.165) is 109 Å². The maximum Gasteiger partial charge on any atom is 0.306 e. The first-order valence-corrected chi connectivity index (χ1v) is 25.8. The molecule has 0 saturated carbocycles. The van der Waals surface area contributed by atoms with Crippen molar-refractivity contribution in [1.29, 1.82) is 0 Å². The molecule has 358 valence electrons. The SMILES string of the molecule is CC\C=C/C=C\C=C/CCCCCCCCCC(=O)OC(COC(=O)CCCCC/C=C\C=C/CCCC)COC(=O)CCCCCCCCCCC/C=C\C/C=C\C/C=C\CC. The Balaban J connectivity index is 4.40. The molecule has 0 heterocycles. The minimum absolute atomic E-state index is 0.0950. The fraction of sp³-hybridized carbons (Fsp3) is 0.667. The van der Waals surface area contributed by atoms with E-state index in [2.05, 4.69) is 118 Å². The Labute approximate surface area is 387 Å². The quantitative estimate of drug-likeness (QED) is 0.0199. The van der Waals surface area contributed by atoms with Crippen LogP contribution in [0.2, 0.25) is 0 Å². The average Bonchev–Trinajstić information content (AvgIpc) is 3.28. The smallest absolute Gasteiger partial charge is 0.306 e.